The molecular formula is C13H17ClF3N. The monoisotopic (exact) mass is 279 g/mol. The predicted octanol–water partition coefficient (Wildman–Crippen LogP) is 4.55. The Balaban J connectivity index is 2.21. The molecule has 0 heterocycles. The average molecular weight is 280 g/mol. The van der Waals surface area contributed by atoms with Gasteiger partial charge in [0.05, 0.1) is 0 Å². The molecule has 18 heavy (non-hydrogen) atoms. The molecular weight excluding hydrogens is 263 g/mol. The van der Waals surface area contributed by atoms with Crippen molar-refractivity contribution in [2.75, 3.05) is 0 Å². The molecule has 1 N–H and O–H groups in total. The lowest BCUT2D eigenvalue weighted by Gasteiger charge is -2.14. The van der Waals surface area contributed by atoms with Gasteiger partial charge in [0.2, 0.25) is 0 Å². The zero-order valence-electron chi connectivity index (χ0n) is 10.2. The van der Waals surface area contributed by atoms with E-state index in [1.54, 1.807) is 12.1 Å². The van der Waals surface area contributed by atoms with E-state index in [0.717, 1.165) is 5.56 Å². The van der Waals surface area contributed by atoms with Gasteiger partial charge >= 0.3 is 6.18 Å². The Bertz CT molecular complexity index is 348. The number of hydrogen-bond acceptors (Lipinski definition) is 1. The summed E-state index contributed by atoms with van der Waals surface area (Å²) >= 11 is 5.76. The van der Waals surface area contributed by atoms with E-state index in [1.807, 2.05) is 19.1 Å². The fraction of sp³-hybridized carbons (Fsp3) is 0.538. The SMILES string of the molecule is CC(CCCC(F)(F)F)NCc1ccc(Cl)cc1. The zero-order valence-corrected chi connectivity index (χ0v) is 11.0. The van der Waals surface area contributed by atoms with Crippen LogP contribution in [0.5, 0.6) is 0 Å². The van der Waals surface area contributed by atoms with Crippen LogP contribution in [0.3, 0.4) is 0 Å². The second-order valence-electron chi connectivity index (χ2n) is 4.42. The van der Waals surface area contributed by atoms with E-state index in [4.69, 9.17) is 11.6 Å². The summed E-state index contributed by atoms with van der Waals surface area (Å²) in [6.45, 7) is 2.54. The van der Waals surface area contributed by atoms with E-state index in [-0.39, 0.29) is 12.5 Å². The molecule has 1 nitrogen and oxygen atoms in total. The van der Waals surface area contributed by atoms with E-state index in [2.05, 4.69) is 5.32 Å². The van der Waals surface area contributed by atoms with Crippen LogP contribution in [0, 0.1) is 0 Å². The highest BCUT2D eigenvalue weighted by atomic mass is 35.5. The van der Waals surface area contributed by atoms with Crippen molar-refractivity contribution in [2.24, 2.45) is 0 Å². The molecule has 0 fully saturated rings. The Labute approximate surface area is 110 Å². The van der Waals surface area contributed by atoms with E-state index >= 15 is 0 Å². The van der Waals surface area contributed by atoms with Crippen molar-refractivity contribution in [3.05, 3.63) is 34.9 Å². The molecule has 0 saturated carbocycles. The first-order valence-electron chi connectivity index (χ1n) is 5.91. The zero-order chi connectivity index (χ0) is 13.6. The van der Waals surface area contributed by atoms with Gasteiger partial charge in [0, 0.05) is 24.0 Å². The van der Waals surface area contributed by atoms with Crippen molar-refractivity contribution < 1.29 is 13.2 Å². The van der Waals surface area contributed by atoms with Crippen molar-refractivity contribution in [3.8, 4) is 0 Å². The summed E-state index contributed by atoms with van der Waals surface area (Å²) in [5.74, 6) is 0. The number of alkyl halides is 3. The first kappa shape index (κ1) is 15.3. The van der Waals surface area contributed by atoms with E-state index in [1.165, 1.54) is 0 Å². The third-order valence-corrected chi connectivity index (χ3v) is 2.92. The van der Waals surface area contributed by atoms with Crippen molar-refractivity contribution in [1.82, 2.24) is 5.32 Å². The van der Waals surface area contributed by atoms with Gasteiger partial charge in [0.1, 0.15) is 0 Å². The first-order valence-corrected chi connectivity index (χ1v) is 6.29. The molecule has 0 aliphatic rings. The Hall–Kier alpha value is -0.740. The Morgan fingerprint density at radius 1 is 1.22 bits per heavy atom. The van der Waals surface area contributed by atoms with Crippen LogP contribution in [0.1, 0.15) is 31.7 Å². The molecule has 0 aliphatic carbocycles. The lowest BCUT2D eigenvalue weighted by atomic mass is 10.1. The lowest BCUT2D eigenvalue weighted by Crippen LogP contribution is -2.25. The quantitative estimate of drug-likeness (QED) is 0.805. The molecule has 0 aliphatic heterocycles. The van der Waals surface area contributed by atoms with Crippen LogP contribution in [0.2, 0.25) is 5.02 Å². The molecule has 1 unspecified atom stereocenters. The smallest absolute Gasteiger partial charge is 0.310 e. The lowest BCUT2D eigenvalue weighted by molar-refractivity contribution is -0.135. The summed E-state index contributed by atoms with van der Waals surface area (Å²) in [6.07, 6.45) is -4.07. The van der Waals surface area contributed by atoms with Crippen molar-refractivity contribution in [2.45, 2.75) is 44.9 Å². The van der Waals surface area contributed by atoms with Crippen LogP contribution >= 0.6 is 11.6 Å². The van der Waals surface area contributed by atoms with Crippen molar-refractivity contribution in [3.63, 3.8) is 0 Å². The maximum Gasteiger partial charge on any atom is 0.389 e. The third-order valence-electron chi connectivity index (χ3n) is 2.67. The standard InChI is InChI=1S/C13H17ClF3N/c1-10(3-2-8-13(15,16)17)18-9-11-4-6-12(14)7-5-11/h4-7,10,18H,2-3,8-9H2,1H3. The van der Waals surface area contributed by atoms with Crippen LogP contribution in [-0.4, -0.2) is 12.2 Å². The van der Waals surface area contributed by atoms with E-state index in [9.17, 15) is 13.2 Å². The van der Waals surface area contributed by atoms with Crippen LogP contribution in [0.4, 0.5) is 13.2 Å². The minimum Gasteiger partial charge on any atom is -0.310 e. The topological polar surface area (TPSA) is 12.0 Å². The van der Waals surface area contributed by atoms with Crippen LogP contribution in [0.15, 0.2) is 24.3 Å². The Kier molecular flexibility index (Phi) is 5.96. The summed E-state index contributed by atoms with van der Waals surface area (Å²) < 4.78 is 35.9. The average Bonchev–Trinajstić information content (AvgIpc) is 2.26. The molecule has 1 aromatic rings. The molecule has 0 spiro atoms. The third kappa shape index (κ3) is 6.87. The van der Waals surface area contributed by atoms with Gasteiger partial charge in [-0.15, -0.1) is 0 Å². The van der Waals surface area contributed by atoms with Gasteiger partial charge in [-0.05, 0) is 37.5 Å². The normalized spacial score (nSPS) is 13.6. The predicted molar refractivity (Wildman–Crippen MR) is 67.7 cm³/mol. The number of halogens is 4. The maximum absolute atomic E-state index is 12.0. The molecule has 0 amide bonds. The highest BCUT2D eigenvalue weighted by molar-refractivity contribution is 6.30. The summed E-state index contributed by atoms with van der Waals surface area (Å²) in [5, 5.41) is 3.87. The van der Waals surface area contributed by atoms with Gasteiger partial charge in [0.25, 0.3) is 0 Å². The second-order valence-corrected chi connectivity index (χ2v) is 4.85. The van der Waals surface area contributed by atoms with Crippen LogP contribution in [-0.2, 0) is 6.54 Å². The van der Waals surface area contributed by atoms with Crippen LogP contribution < -0.4 is 5.32 Å². The van der Waals surface area contributed by atoms with Gasteiger partial charge in [-0.1, -0.05) is 23.7 Å². The molecule has 5 heteroatoms. The largest absolute Gasteiger partial charge is 0.389 e. The summed E-state index contributed by atoms with van der Waals surface area (Å²) in [4.78, 5) is 0. The Morgan fingerprint density at radius 2 is 1.83 bits per heavy atom. The van der Waals surface area contributed by atoms with Gasteiger partial charge < -0.3 is 5.32 Å². The highest BCUT2D eigenvalue weighted by Gasteiger charge is 2.26. The van der Waals surface area contributed by atoms with Gasteiger partial charge in [-0.25, -0.2) is 0 Å². The maximum atomic E-state index is 12.0. The minimum absolute atomic E-state index is 0.0722. The molecule has 1 atom stereocenters. The van der Waals surface area contributed by atoms with Crippen molar-refractivity contribution in [1.29, 1.82) is 0 Å². The summed E-state index contributed by atoms with van der Waals surface area (Å²) in [6, 6.07) is 7.47. The molecule has 0 saturated heterocycles. The minimum atomic E-state index is -4.05. The fourth-order valence-electron chi connectivity index (χ4n) is 1.61. The number of rotatable bonds is 6. The second kappa shape index (κ2) is 7.00. The number of nitrogens with one attached hydrogen (secondary N) is 1. The molecule has 0 bridgehead atoms. The first-order chi connectivity index (χ1) is 8.37. The molecule has 0 radical (unpaired) electrons. The molecule has 0 aromatic heterocycles. The van der Waals surface area contributed by atoms with Gasteiger partial charge in [-0.2, -0.15) is 13.2 Å². The number of benzene rings is 1. The fourth-order valence-corrected chi connectivity index (χ4v) is 1.73. The highest BCUT2D eigenvalue weighted by Crippen LogP contribution is 2.22. The Morgan fingerprint density at radius 3 is 2.39 bits per heavy atom. The molecule has 102 valence electrons. The van der Waals surface area contributed by atoms with Gasteiger partial charge in [0.15, 0.2) is 0 Å². The molecule has 1 rings (SSSR count). The van der Waals surface area contributed by atoms with E-state index < -0.39 is 12.6 Å². The van der Waals surface area contributed by atoms with Gasteiger partial charge in [-0.3, -0.25) is 0 Å². The number of hydrogen-bond donors (Lipinski definition) is 1. The van der Waals surface area contributed by atoms with E-state index in [0.29, 0.717) is 18.0 Å². The molecule has 1 aromatic carbocycles. The summed E-state index contributed by atoms with van der Waals surface area (Å²) in [5.41, 5.74) is 1.07. The van der Waals surface area contributed by atoms with Crippen LogP contribution in [0.25, 0.3) is 0 Å². The summed E-state index contributed by atoms with van der Waals surface area (Å²) in [7, 11) is 0. The van der Waals surface area contributed by atoms with Crippen molar-refractivity contribution >= 4 is 11.6 Å².